The smallest absolute Gasteiger partial charge is 0.0326 e. The van der Waals surface area contributed by atoms with Crippen LogP contribution in [0.1, 0.15) is 90.5 Å². The Labute approximate surface area is 277 Å². The monoisotopic (exact) mass is 635 g/mol. The van der Waals surface area contributed by atoms with Crippen LogP contribution >= 0.6 is 16.1 Å². The molecule has 4 aromatic carbocycles. The van der Waals surface area contributed by atoms with Gasteiger partial charge in [-0.2, -0.15) is 0 Å². The van der Waals surface area contributed by atoms with E-state index >= 15 is 0 Å². The minimum Gasteiger partial charge on any atom is -0.241 e. The van der Waals surface area contributed by atoms with E-state index in [0.29, 0.717) is 17.9 Å². The van der Waals surface area contributed by atoms with Gasteiger partial charge in [0.05, 0.1) is 0 Å². The first-order valence-electron chi connectivity index (χ1n) is 17.1. The van der Waals surface area contributed by atoms with E-state index in [1.807, 2.05) is 0 Å². The molecule has 0 amide bonds. The van der Waals surface area contributed by atoms with Crippen LogP contribution in [0.25, 0.3) is 0 Å². The Hall–Kier alpha value is -2.30. The van der Waals surface area contributed by atoms with E-state index in [4.69, 9.17) is 0 Å². The molecule has 3 heteroatoms. The first kappa shape index (κ1) is 34.0. The molecule has 0 heterocycles. The molecule has 0 radical (unpaired) electrons. The van der Waals surface area contributed by atoms with Gasteiger partial charge in [0, 0.05) is 22.2 Å². The van der Waals surface area contributed by atoms with E-state index in [0.717, 1.165) is 0 Å². The fourth-order valence-electron chi connectivity index (χ4n) is 6.96. The second kappa shape index (κ2) is 14.6. The molecule has 1 saturated carbocycles. The summed E-state index contributed by atoms with van der Waals surface area (Å²) in [5.74, 6) is 1.39. The third-order valence-corrected chi connectivity index (χ3v) is 15.8. The van der Waals surface area contributed by atoms with Gasteiger partial charge in [-0.15, -0.1) is 0 Å². The topological polar surface area (TPSA) is 3.24 Å². The number of rotatable bonds is 9. The van der Waals surface area contributed by atoms with Gasteiger partial charge in [0.25, 0.3) is 0 Å². The van der Waals surface area contributed by atoms with Crippen molar-refractivity contribution in [1.29, 1.82) is 0 Å². The molecular weight excluding hydrogens is 580 g/mol. The van der Waals surface area contributed by atoms with Crippen LogP contribution in [0.4, 0.5) is 0 Å². The Morgan fingerprint density at radius 3 is 1.16 bits per heavy atom. The van der Waals surface area contributed by atoms with Gasteiger partial charge in [0.2, 0.25) is 0 Å². The van der Waals surface area contributed by atoms with Gasteiger partial charge in [-0.1, -0.05) is 75.2 Å². The van der Waals surface area contributed by atoms with Crippen molar-refractivity contribution < 1.29 is 0 Å². The minimum absolute atomic E-state index is 0.532. The maximum absolute atomic E-state index is 3.14. The maximum Gasteiger partial charge on any atom is 0.0326 e. The maximum atomic E-state index is 3.14. The molecule has 0 bridgehead atoms. The summed E-state index contributed by atoms with van der Waals surface area (Å²) in [6, 6.07) is 30.0. The van der Waals surface area contributed by atoms with Crippen molar-refractivity contribution in [3.63, 3.8) is 0 Å². The summed E-state index contributed by atoms with van der Waals surface area (Å²) in [5.41, 5.74) is 11.1. The number of aryl methyl sites for hydroxylation is 8. The lowest BCUT2D eigenvalue weighted by Crippen LogP contribution is -2.44. The van der Waals surface area contributed by atoms with E-state index < -0.39 is 16.1 Å². The number of benzene rings is 4. The molecule has 1 aliphatic carbocycles. The molecule has 0 spiro atoms. The first-order chi connectivity index (χ1) is 21.4. The summed E-state index contributed by atoms with van der Waals surface area (Å²) in [6.07, 6.45) is 6.60. The van der Waals surface area contributed by atoms with Gasteiger partial charge < -0.3 is 0 Å². The van der Waals surface area contributed by atoms with Crippen LogP contribution in [-0.4, -0.2) is 10.5 Å². The lowest BCUT2D eigenvalue weighted by molar-refractivity contribution is 0.213. The summed E-state index contributed by atoms with van der Waals surface area (Å²) < 4.78 is 3.14. The third-order valence-electron chi connectivity index (χ3n) is 10.3. The second-order valence-electron chi connectivity index (χ2n) is 14.3. The normalized spacial score (nSPS) is 17.2. The van der Waals surface area contributed by atoms with Crippen molar-refractivity contribution in [1.82, 2.24) is 4.44 Å². The highest BCUT2D eigenvalue weighted by Gasteiger charge is 2.41. The zero-order chi connectivity index (χ0) is 32.4. The molecule has 238 valence electrons. The van der Waals surface area contributed by atoms with Gasteiger partial charge in [-0.3, -0.25) is 0 Å². The fraction of sp³-hybridized carbons (Fsp3) is 0.429. The first-order valence-corrected chi connectivity index (χ1v) is 19.7. The summed E-state index contributed by atoms with van der Waals surface area (Å²) in [6.45, 7) is 23.1. The summed E-state index contributed by atoms with van der Waals surface area (Å²) >= 11 is 0. The molecule has 1 fully saturated rings. The van der Waals surface area contributed by atoms with E-state index in [1.54, 1.807) is 0 Å². The molecule has 4 aromatic rings. The number of hydrogen-bond donors (Lipinski definition) is 0. The molecular formula is C42H55NP2. The molecule has 5 rings (SSSR count). The molecule has 0 N–H and O–H groups in total. The molecule has 0 aliphatic heterocycles. The Balaban J connectivity index is 1.86. The van der Waals surface area contributed by atoms with Gasteiger partial charge in [-0.25, -0.2) is 4.44 Å². The largest absolute Gasteiger partial charge is 0.241 e. The van der Waals surface area contributed by atoms with Crippen LogP contribution in [0.15, 0.2) is 72.8 Å². The van der Waals surface area contributed by atoms with Crippen molar-refractivity contribution >= 4 is 37.4 Å². The predicted molar refractivity (Wildman–Crippen MR) is 203 cm³/mol. The second-order valence-corrected chi connectivity index (χ2v) is 18.7. The van der Waals surface area contributed by atoms with Crippen LogP contribution < -0.4 is 21.2 Å². The summed E-state index contributed by atoms with van der Waals surface area (Å²) in [4.78, 5) is 0. The quantitative estimate of drug-likeness (QED) is 0.165. The van der Waals surface area contributed by atoms with Crippen molar-refractivity contribution in [3.8, 4) is 0 Å². The van der Waals surface area contributed by atoms with Crippen LogP contribution in [0.5, 0.6) is 0 Å². The highest BCUT2D eigenvalue weighted by molar-refractivity contribution is 7.84. The van der Waals surface area contributed by atoms with Gasteiger partial charge in [-0.05, 0) is 176 Å². The van der Waals surface area contributed by atoms with Crippen LogP contribution in [-0.2, 0) is 0 Å². The Kier molecular flexibility index (Phi) is 11.1. The SMILES string of the molecule is Cc1ccc(P(c2ccc(C)c(C)c2)N(C2CCCCC2CC(C)C)P(c2ccc(C)c(C)c2)c2ccc(C)c(C)c2)cc1C. The molecule has 1 nitrogen and oxygen atoms in total. The highest BCUT2D eigenvalue weighted by Crippen LogP contribution is 2.59. The fourth-order valence-corrected chi connectivity index (χ4v) is 13.8. The van der Waals surface area contributed by atoms with Crippen LogP contribution in [0.2, 0.25) is 0 Å². The van der Waals surface area contributed by atoms with Crippen LogP contribution in [0.3, 0.4) is 0 Å². The third kappa shape index (κ3) is 7.65. The molecule has 0 saturated heterocycles. The minimum atomic E-state index is -0.805. The highest BCUT2D eigenvalue weighted by atomic mass is 31.2. The van der Waals surface area contributed by atoms with Gasteiger partial charge in [0.1, 0.15) is 0 Å². The van der Waals surface area contributed by atoms with Gasteiger partial charge in [0.15, 0.2) is 0 Å². The molecule has 2 atom stereocenters. The van der Waals surface area contributed by atoms with Crippen molar-refractivity contribution in [2.75, 3.05) is 0 Å². The lowest BCUT2D eigenvalue weighted by Gasteiger charge is -2.49. The number of nitrogens with zero attached hydrogens (tertiary/aromatic N) is 1. The zero-order valence-electron chi connectivity index (χ0n) is 29.5. The molecule has 2 unspecified atom stereocenters. The number of hydrogen-bond acceptors (Lipinski definition) is 1. The zero-order valence-corrected chi connectivity index (χ0v) is 31.3. The lowest BCUT2D eigenvalue weighted by atomic mass is 9.80. The standard InChI is InChI=1S/C42H55NP2/c1-28(2)23-37-13-11-12-14-42(37)43(44(38-19-15-29(3)33(7)24-38)39-20-16-30(4)34(8)25-39)45(40-21-17-31(5)35(9)26-40)41-22-18-32(6)36(10)27-41/h15-22,24-28,37,42H,11-14,23H2,1-10H3. The van der Waals surface area contributed by atoms with E-state index in [1.165, 1.54) is 97.8 Å². The molecule has 1 aliphatic rings. The summed E-state index contributed by atoms with van der Waals surface area (Å²) in [7, 11) is -1.61. The van der Waals surface area contributed by atoms with E-state index in [2.05, 4.69) is 146 Å². The molecule has 0 aromatic heterocycles. The summed E-state index contributed by atoms with van der Waals surface area (Å²) in [5, 5.41) is 5.96. The van der Waals surface area contributed by atoms with Crippen LogP contribution in [0, 0.1) is 67.2 Å². The van der Waals surface area contributed by atoms with E-state index in [9.17, 15) is 0 Å². The van der Waals surface area contributed by atoms with Crippen molar-refractivity contribution in [2.24, 2.45) is 11.8 Å². The van der Waals surface area contributed by atoms with E-state index in [-0.39, 0.29) is 0 Å². The Morgan fingerprint density at radius 2 is 0.844 bits per heavy atom. The Bertz CT molecular complexity index is 1430. The van der Waals surface area contributed by atoms with Gasteiger partial charge >= 0.3 is 0 Å². The predicted octanol–water partition coefficient (Wildman–Crippen LogP) is 10.5. The average Bonchev–Trinajstić information content (AvgIpc) is 3.00. The average molecular weight is 636 g/mol. The molecule has 45 heavy (non-hydrogen) atoms. The Morgan fingerprint density at radius 1 is 0.511 bits per heavy atom. The van der Waals surface area contributed by atoms with Crippen molar-refractivity contribution in [2.45, 2.75) is 107 Å². The van der Waals surface area contributed by atoms with Crippen molar-refractivity contribution in [3.05, 3.63) is 117 Å².